The number of rotatable bonds is 3. The molecule has 0 unspecified atom stereocenters. The summed E-state index contributed by atoms with van der Waals surface area (Å²) in [6.45, 7) is 3.34. The van der Waals surface area contributed by atoms with Crippen molar-refractivity contribution in [2.75, 3.05) is 0 Å². The Balaban J connectivity index is 2.33. The largest absolute Gasteiger partial charge is 0.404 e. The van der Waals surface area contributed by atoms with Crippen molar-refractivity contribution in [3.05, 3.63) is 55.3 Å². The van der Waals surface area contributed by atoms with Crippen molar-refractivity contribution >= 4 is 5.97 Å². The van der Waals surface area contributed by atoms with E-state index in [0.717, 1.165) is 11.8 Å². The Kier molecular flexibility index (Phi) is 2.82. The number of esters is 1. The monoisotopic (exact) mass is 214 g/mol. The van der Waals surface area contributed by atoms with E-state index in [1.165, 1.54) is 0 Å². The zero-order valence-corrected chi connectivity index (χ0v) is 8.54. The van der Waals surface area contributed by atoms with E-state index < -0.39 is 5.97 Å². The number of hydrogen-bond acceptors (Lipinski definition) is 3. The summed E-state index contributed by atoms with van der Waals surface area (Å²) in [7, 11) is 0. The predicted octanol–water partition coefficient (Wildman–Crippen LogP) is 1.96. The second-order valence-corrected chi connectivity index (χ2v) is 3.04. The summed E-state index contributed by atoms with van der Waals surface area (Å²) in [6.07, 6.45) is 2.68. The van der Waals surface area contributed by atoms with Gasteiger partial charge in [-0.25, -0.2) is 9.48 Å². The van der Waals surface area contributed by atoms with E-state index in [-0.39, 0.29) is 0 Å². The first-order valence-electron chi connectivity index (χ1n) is 4.75. The van der Waals surface area contributed by atoms with Gasteiger partial charge in [-0.1, -0.05) is 24.8 Å². The van der Waals surface area contributed by atoms with Crippen LogP contribution in [0.4, 0.5) is 0 Å². The van der Waals surface area contributed by atoms with Crippen LogP contribution in [0, 0.1) is 0 Å². The molecule has 1 aromatic carbocycles. The van der Waals surface area contributed by atoms with Crippen molar-refractivity contribution in [2.45, 2.75) is 0 Å². The molecule has 0 saturated heterocycles. The van der Waals surface area contributed by atoms with Gasteiger partial charge in [0.2, 0.25) is 5.88 Å². The summed E-state index contributed by atoms with van der Waals surface area (Å²) in [5.74, 6) is -0.131. The van der Waals surface area contributed by atoms with Gasteiger partial charge in [0.25, 0.3) is 0 Å². The van der Waals surface area contributed by atoms with E-state index in [1.54, 1.807) is 16.9 Å². The third-order valence-electron chi connectivity index (χ3n) is 1.98. The Hall–Kier alpha value is -2.36. The minimum absolute atomic E-state index is 0.371. The van der Waals surface area contributed by atoms with Crippen LogP contribution in [0.25, 0.3) is 5.69 Å². The third kappa shape index (κ3) is 2.00. The molecule has 1 aromatic heterocycles. The molecule has 0 spiro atoms. The SMILES string of the molecule is C=CC(=O)Oc1ccnn1-c1ccccc1. The van der Waals surface area contributed by atoms with Crippen LogP contribution in [0.5, 0.6) is 5.88 Å². The highest BCUT2D eigenvalue weighted by Gasteiger charge is 2.07. The fourth-order valence-electron chi connectivity index (χ4n) is 1.28. The Labute approximate surface area is 92.8 Å². The van der Waals surface area contributed by atoms with Gasteiger partial charge >= 0.3 is 5.97 Å². The summed E-state index contributed by atoms with van der Waals surface area (Å²) in [5.41, 5.74) is 0.833. The first kappa shape index (κ1) is 10.2. The first-order chi connectivity index (χ1) is 7.81. The van der Waals surface area contributed by atoms with Gasteiger partial charge in [-0.2, -0.15) is 5.10 Å². The average Bonchev–Trinajstić information content (AvgIpc) is 2.78. The van der Waals surface area contributed by atoms with E-state index in [4.69, 9.17) is 4.74 Å². The van der Waals surface area contributed by atoms with Gasteiger partial charge in [0.15, 0.2) is 0 Å². The van der Waals surface area contributed by atoms with Gasteiger partial charge in [0.05, 0.1) is 11.9 Å². The van der Waals surface area contributed by atoms with Crippen LogP contribution < -0.4 is 4.74 Å². The number of ether oxygens (including phenoxy) is 1. The average molecular weight is 214 g/mol. The first-order valence-corrected chi connectivity index (χ1v) is 4.75. The smallest absolute Gasteiger partial charge is 0.336 e. The molecule has 4 heteroatoms. The molecule has 2 rings (SSSR count). The second kappa shape index (κ2) is 4.44. The molecular weight excluding hydrogens is 204 g/mol. The summed E-state index contributed by atoms with van der Waals surface area (Å²) in [5, 5.41) is 4.08. The fourth-order valence-corrected chi connectivity index (χ4v) is 1.28. The van der Waals surface area contributed by atoms with Gasteiger partial charge in [-0.15, -0.1) is 0 Å². The minimum atomic E-state index is -0.502. The highest BCUT2D eigenvalue weighted by Crippen LogP contribution is 2.16. The maximum absolute atomic E-state index is 11.1. The highest BCUT2D eigenvalue weighted by atomic mass is 16.5. The van der Waals surface area contributed by atoms with Crippen molar-refractivity contribution in [1.29, 1.82) is 0 Å². The number of para-hydroxylation sites is 1. The summed E-state index contributed by atoms with van der Waals surface area (Å²) in [4.78, 5) is 11.1. The molecule has 0 N–H and O–H groups in total. The Bertz CT molecular complexity index is 503. The molecule has 1 heterocycles. The number of carbonyl (C=O) groups excluding carboxylic acids is 1. The molecule has 16 heavy (non-hydrogen) atoms. The van der Waals surface area contributed by atoms with Gasteiger partial charge < -0.3 is 4.74 Å². The third-order valence-corrected chi connectivity index (χ3v) is 1.98. The standard InChI is InChI=1S/C12H10N2O2/c1-2-12(15)16-11-8-9-13-14(11)10-6-4-3-5-7-10/h2-9H,1H2. The maximum atomic E-state index is 11.1. The summed E-state index contributed by atoms with van der Waals surface area (Å²) in [6, 6.07) is 11.0. The minimum Gasteiger partial charge on any atom is -0.404 e. The van der Waals surface area contributed by atoms with Crippen LogP contribution >= 0.6 is 0 Å². The molecule has 0 fully saturated rings. The van der Waals surface area contributed by atoms with Crippen molar-refractivity contribution in [3.63, 3.8) is 0 Å². The lowest BCUT2D eigenvalue weighted by Crippen LogP contribution is -2.08. The molecule has 0 aliphatic rings. The molecule has 80 valence electrons. The highest BCUT2D eigenvalue weighted by molar-refractivity contribution is 5.83. The lowest BCUT2D eigenvalue weighted by atomic mass is 10.3. The molecule has 2 aromatic rings. The zero-order chi connectivity index (χ0) is 11.4. The molecule has 0 radical (unpaired) electrons. The van der Waals surface area contributed by atoms with Crippen molar-refractivity contribution in [2.24, 2.45) is 0 Å². The Morgan fingerprint density at radius 3 is 2.75 bits per heavy atom. The van der Waals surface area contributed by atoms with Crippen molar-refractivity contribution in [3.8, 4) is 11.6 Å². The second-order valence-electron chi connectivity index (χ2n) is 3.04. The van der Waals surface area contributed by atoms with E-state index in [9.17, 15) is 4.79 Å². The van der Waals surface area contributed by atoms with Gasteiger partial charge in [-0.05, 0) is 12.1 Å². The molecule has 0 bridgehead atoms. The molecule has 0 aliphatic carbocycles. The Morgan fingerprint density at radius 1 is 1.31 bits per heavy atom. The molecular formula is C12H10N2O2. The zero-order valence-electron chi connectivity index (χ0n) is 8.54. The van der Waals surface area contributed by atoms with Crippen molar-refractivity contribution in [1.82, 2.24) is 9.78 Å². The molecule has 0 amide bonds. The van der Waals surface area contributed by atoms with Crippen LogP contribution in [0.2, 0.25) is 0 Å². The topological polar surface area (TPSA) is 44.1 Å². The van der Waals surface area contributed by atoms with Crippen LogP contribution in [0.3, 0.4) is 0 Å². The van der Waals surface area contributed by atoms with E-state index in [2.05, 4.69) is 11.7 Å². The number of aromatic nitrogens is 2. The normalized spacial score (nSPS) is 9.75. The number of hydrogen-bond donors (Lipinski definition) is 0. The van der Waals surface area contributed by atoms with Crippen LogP contribution in [0.1, 0.15) is 0 Å². The van der Waals surface area contributed by atoms with E-state index in [1.807, 2.05) is 30.3 Å². The van der Waals surface area contributed by atoms with Crippen LogP contribution in [0.15, 0.2) is 55.3 Å². The number of nitrogens with zero attached hydrogens (tertiary/aromatic N) is 2. The number of carbonyl (C=O) groups is 1. The molecule has 0 aliphatic heterocycles. The molecule has 4 nitrogen and oxygen atoms in total. The quantitative estimate of drug-likeness (QED) is 0.579. The number of benzene rings is 1. The molecule has 0 atom stereocenters. The maximum Gasteiger partial charge on any atom is 0.336 e. The lowest BCUT2D eigenvalue weighted by Gasteiger charge is -2.05. The van der Waals surface area contributed by atoms with Gasteiger partial charge in [-0.3, -0.25) is 0 Å². The van der Waals surface area contributed by atoms with Crippen molar-refractivity contribution < 1.29 is 9.53 Å². The van der Waals surface area contributed by atoms with Crippen LogP contribution in [-0.4, -0.2) is 15.7 Å². The van der Waals surface area contributed by atoms with Gasteiger partial charge in [0, 0.05) is 12.1 Å². The molecule has 0 saturated carbocycles. The van der Waals surface area contributed by atoms with Gasteiger partial charge in [0.1, 0.15) is 0 Å². The summed E-state index contributed by atoms with van der Waals surface area (Å²) >= 11 is 0. The van der Waals surface area contributed by atoms with E-state index in [0.29, 0.717) is 5.88 Å². The van der Waals surface area contributed by atoms with Crippen LogP contribution in [-0.2, 0) is 4.79 Å². The van der Waals surface area contributed by atoms with E-state index >= 15 is 0 Å². The Morgan fingerprint density at radius 2 is 2.06 bits per heavy atom. The lowest BCUT2D eigenvalue weighted by molar-refractivity contribution is -0.129. The predicted molar refractivity (Wildman–Crippen MR) is 59.4 cm³/mol. The fraction of sp³-hybridized carbons (Fsp3) is 0. The summed E-state index contributed by atoms with van der Waals surface area (Å²) < 4.78 is 6.58.